The van der Waals surface area contributed by atoms with Gasteiger partial charge in [0.25, 0.3) is 0 Å². The molecule has 17 heavy (non-hydrogen) atoms. The summed E-state index contributed by atoms with van der Waals surface area (Å²) < 4.78 is 36.8. The van der Waals surface area contributed by atoms with E-state index in [2.05, 4.69) is 20.3 Å². The van der Waals surface area contributed by atoms with Gasteiger partial charge in [0.05, 0.1) is 24.1 Å². The van der Waals surface area contributed by atoms with Gasteiger partial charge in [0.2, 0.25) is 0 Å². The third-order valence-corrected chi connectivity index (χ3v) is 2.11. The maximum absolute atomic E-state index is 12.3. The fourth-order valence-corrected chi connectivity index (χ4v) is 1.23. The summed E-state index contributed by atoms with van der Waals surface area (Å²) in [6.07, 6.45) is -0.404. The van der Waals surface area contributed by atoms with Crippen LogP contribution in [0.1, 0.15) is 11.3 Å². The minimum Gasteiger partial charge on any atom is -0.364 e. The molecule has 0 spiro atoms. The van der Waals surface area contributed by atoms with E-state index in [9.17, 15) is 13.2 Å². The maximum atomic E-state index is 12.3. The number of aromatic amines is 1. The first kappa shape index (κ1) is 11.4. The number of aromatic nitrogens is 3. The SMILES string of the molecule is FC(F)(F)c1ccc(NCc2cnc[nH]2)nc1. The number of anilines is 1. The normalized spacial score (nSPS) is 11.5. The zero-order valence-electron chi connectivity index (χ0n) is 8.62. The Labute approximate surface area is 94.9 Å². The molecule has 0 fully saturated rings. The average molecular weight is 242 g/mol. The summed E-state index contributed by atoms with van der Waals surface area (Å²) in [5, 5.41) is 2.88. The van der Waals surface area contributed by atoms with E-state index in [1.165, 1.54) is 12.4 Å². The minimum atomic E-state index is -4.35. The summed E-state index contributed by atoms with van der Waals surface area (Å²) in [6, 6.07) is 2.28. The Balaban J connectivity index is 1.99. The van der Waals surface area contributed by atoms with Crippen LogP contribution in [0.2, 0.25) is 0 Å². The van der Waals surface area contributed by atoms with Gasteiger partial charge in [0.15, 0.2) is 0 Å². The molecule has 0 saturated carbocycles. The highest BCUT2D eigenvalue weighted by molar-refractivity contribution is 5.36. The van der Waals surface area contributed by atoms with E-state index in [1.807, 2.05) is 0 Å². The lowest BCUT2D eigenvalue weighted by Crippen LogP contribution is -2.07. The van der Waals surface area contributed by atoms with Crippen LogP contribution in [-0.2, 0) is 12.7 Å². The second kappa shape index (κ2) is 4.44. The molecule has 4 nitrogen and oxygen atoms in total. The van der Waals surface area contributed by atoms with E-state index < -0.39 is 11.7 Å². The van der Waals surface area contributed by atoms with E-state index in [0.717, 1.165) is 18.0 Å². The van der Waals surface area contributed by atoms with Crippen molar-refractivity contribution in [3.8, 4) is 0 Å². The zero-order chi connectivity index (χ0) is 12.3. The van der Waals surface area contributed by atoms with E-state index in [4.69, 9.17) is 0 Å². The molecule has 0 atom stereocenters. The van der Waals surface area contributed by atoms with Crippen LogP contribution >= 0.6 is 0 Å². The van der Waals surface area contributed by atoms with E-state index in [1.54, 1.807) is 6.20 Å². The predicted molar refractivity (Wildman–Crippen MR) is 55.2 cm³/mol. The maximum Gasteiger partial charge on any atom is 0.417 e. The number of nitrogens with one attached hydrogen (secondary N) is 2. The molecule has 0 aliphatic heterocycles. The lowest BCUT2D eigenvalue weighted by molar-refractivity contribution is -0.137. The Kier molecular flexibility index (Phi) is 2.99. The fraction of sp³-hybridized carbons (Fsp3) is 0.200. The highest BCUT2D eigenvalue weighted by atomic mass is 19.4. The number of imidazole rings is 1. The molecule has 0 aromatic carbocycles. The summed E-state index contributed by atoms with van der Waals surface area (Å²) in [6.45, 7) is 0.429. The van der Waals surface area contributed by atoms with Gasteiger partial charge < -0.3 is 10.3 Å². The van der Waals surface area contributed by atoms with Gasteiger partial charge in [0, 0.05) is 12.4 Å². The van der Waals surface area contributed by atoms with Crippen LogP contribution in [0.5, 0.6) is 0 Å². The molecule has 0 saturated heterocycles. The van der Waals surface area contributed by atoms with Crippen molar-refractivity contribution in [2.75, 3.05) is 5.32 Å². The molecule has 2 N–H and O–H groups in total. The van der Waals surface area contributed by atoms with Crippen LogP contribution < -0.4 is 5.32 Å². The Hall–Kier alpha value is -2.05. The highest BCUT2D eigenvalue weighted by Crippen LogP contribution is 2.28. The van der Waals surface area contributed by atoms with Gasteiger partial charge in [-0.1, -0.05) is 0 Å². The van der Waals surface area contributed by atoms with Crippen molar-refractivity contribution in [3.05, 3.63) is 42.1 Å². The Morgan fingerprint density at radius 2 is 2.06 bits per heavy atom. The van der Waals surface area contributed by atoms with E-state index >= 15 is 0 Å². The second-order valence-corrected chi connectivity index (χ2v) is 3.36. The molecule has 0 aliphatic carbocycles. The first-order valence-corrected chi connectivity index (χ1v) is 4.80. The molecule has 0 amide bonds. The van der Waals surface area contributed by atoms with Gasteiger partial charge in [-0.2, -0.15) is 13.2 Å². The van der Waals surface area contributed by atoms with Crippen molar-refractivity contribution in [1.29, 1.82) is 0 Å². The predicted octanol–water partition coefficient (Wildman–Crippen LogP) is 2.44. The first-order chi connectivity index (χ1) is 8.05. The number of hydrogen-bond donors (Lipinski definition) is 2. The average Bonchev–Trinajstić information content (AvgIpc) is 2.78. The van der Waals surface area contributed by atoms with Crippen molar-refractivity contribution < 1.29 is 13.2 Å². The van der Waals surface area contributed by atoms with Crippen molar-refractivity contribution in [3.63, 3.8) is 0 Å². The van der Waals surface area contributed by atoms with Crippen molar-refractivity contribution in [2.45, 2.75) is 12.7 Å². The number of pyridine rings is 1. The van der Waals surface area contributed by atoms with Gasteiger partial charge in [-0.15, -0.1) is 0 Å². The van der Waals surface area contributed by atoms with Gasteiger partial charge in [-0.25, -0.2) is 9.97 Å². The molecule has 0 unspecified atom stereocenters. The van der Waals surface area contributed by atoms with Crippen LogP contribution in [-0.4, -0.2) is 15.0 Å². The van der Waals surface area contributed by atoms with Gasteiger partial charge in [-0.05, 0) is 12.1 Å². The quantitative estimate of drug-likeness (QED) is 0.869. The van der Waals surface area contributed by atoms with Crippen molar-refractivity contribution in [2.24, 2.45) is 0 Å². The van der Waals surface area contributed by atoms with Crippen LogP contribution in [0.25, 0.3) is 0 Å². The lowest BCUT2D eigenvalue weighted by Gasteiger charge is -2.07. The number of H-pyrrole nitrogens is 1. The lowest BCUT2D eigenvalue weighted by atomic mass is 10.3. The van der Waals surface area contributed by atoms with E-state index in [0.29, 0.717) is 12.4 Å². The van der Waals surface area contributed by atoms with Gasteiger partial charge >= 0.3 is 6.18 Å². The Bertz CT molecular complexity index is 461. The summed E-state index contributed by atoms with van der Waals surface area (Å²) >= 11 is 0. The van der Waals surface area contributed by atoms with Crippen LogP contribution in [0, 0.1) is 0 Å². The van der Waals surface area contributed by atoms with Gasteiger partial charge in [-0.3, -0.25) is 0 Å². The van der Waals surface area contributed by atoms with Gasteiger partial charge in [0.1, 0.15) is 5.82 Å². The smallest absolute Gasteiger partial charge is 0.364 e. The minimum absolute atomic E-state index is 0.382. The molecule has 2 heterocycles. The molecule has 2 rings (SSSR count). The molecule has 0 aliphatic rings. The number of rotatable bonds is 3. The number of alkyl halides is 3. The number of hydrogen-bond acceptors (Lipinski definition) is 3. The molecule has 2 aromatic rings. The monoisotopic (exact) mass is 242 g/mol. The number of nitrogens with zero attached hydrogens (tertiary/aromatic N) is 2. The zero-order valence-corrected chi connectivity index (χ0v) is 8.62. The molecule has 0 bridgehead atoms. The topological polar surface area (TPSA) is 53.6 Å². The summed E-state index contributed by atoms with van der Waals surface area (Å²) in [7, 11) is 0. The molecular weight excluding hydrogens is 233 g/mol. The summed E-state index contributed by atoms with van der Waals surface area (Å²) in [5.41, 5.74) is 0.0660. The van der Waals surface area contributed by atoms with Crippen LogP contribution in [0.15, 0.2) is 30.9 Å². The summed E-state index contributed by atoms with van der Waals surface area (Å²) in [5.74, 6) is 0.382. The molecule has 2 aromatic heterocycles. The van der Waals surface area contributed by atoms with Crippen LogP contribution in [0.4, 0.5) is 19.0 Å². The largest absolute Gasteiger partial charge is 0.417 e. The van der Waals surface area contributed by atoms with Crippen molar-refractivity contribution >= 4 is 5.82 Å². The second-order valence-electron chi connectivity index (χ2n) is 3.36. The fourth-order valence-electron chi connectivity index (χ4n) is 1.23. The van der Waals surface area contributed by atoms with E-state index in [-0.39, 0.29) is 0 Å². The first-order valence-electron chi connectivity index (χ1n) is 4.80. The highest BCUT2D eigenvalue weighted by Gasteiger charge is 2.30. The number of halogens is 3. The molecular formula is C10H9F3N4. The standard InChI is InChI=1S/C10H9F3N4/c11-10(12,13)7-1-2-9(15-3-7)16-5-8-4-14-6-17-8/h1-4,6H,5H2,(H,14,17)(H,15,16). The summed E-state index contributed by atoms with van der Waals surface area (Å²) in [4.78, 5) is 10.4. The Morgan fingerprint density at radius 1 is 1.24 bits per heavy atom. The Morgan fingerprint density at radius 3 is 2.59 bits per heavy atom. The molecule has 0 radical (unpaired) electrons. The van der Waals surface area contributed by atoms with Crippen molar-refractivity contribution in [1.82, 2.24) is 15.0 Å². The molecule has 90 valence electrons. The molecule has 7 heteroatoms. The third-order valence-electron chi connectivity index (χ3n) is 2.11. The third kappa shape index (κ3) is 2.96. The van der Waals surface area contributed by atoms with Crippen LogP contribution in [0.3, 0.4) is 0 Å².